The van der Waals surface area contributed by atoms with Gasteiger partial charge in [0.25, 0.3) is 5.19 Å². The lowest BCUT2D eigenvalue weighted by atomic mass is 9.99. The Morgan fingerprint density at radius 1 is 1.11 bits per heavy atom. The molecule has 35 heavy (non-hydrogen) atoms. The van der Waals surface area contributed by atoms with E-state index < -0.39 is 11.6 Å². The van der Waals surface area contributed by atoms with Crippen molar-refractivity contribution in [2.24, 2.45) is 0 Å². The number of fused-ring (bicyclic) bond motifs is 1. The van der Waals surface area contributed by atoms with Crippen molar-refractivity contribution in [2.75, 3.05) is 27.3 Å². The van der Waals surface area contributed by atoms with Crippen LogP contribution in [-0.4, -0.2) is 55.2 Å². The van der Waals surface area contributed by atoms with Crippen molar-refractivity contribution in [1.82, 2.24) is 20.7 Å². The minimum absolute atomic E-state index is 0.0258. The van der Waals surface area contributed by atoms with Gasteiger partial charge in [-0.2, -0.15) is 4.98 Å². The topological polar surface area (TPSA) is 85.0 Å². The van der Waals surface area contributed by atoms with Gasteiger partial charge >= 0.3 is 0 Å². The summed E-state index contributed by atoms with van der Waals surface area (Å²) >= 11 is 1.12. The minimum Gasteiger partial charge on any atom is -0.497 e. The molecule has 2 aromatic carbocycles. The van der Waals surface area contributed by atoms with Gasteiger partial charge in [0.05, 0.1) is 25.0 Å². The Bertz CT molecular complexity index is 1230. The Kier molecular flexibility index (Phi) is 6.72. The van der Waals surface area contributed by atoms with E-state index in [4.69, 9.17) is 14.2 Å². The molecule has 0 radical (unpaired) electrons. The maximum absolute atomic E-state index is 13.9. The second-order valence-electron chi connectivity index (χ2n) is 8.59. The molecule has 2 atom stereocenters. The number of likely N-dealkylation sites (tertiary alicyclic amines) is 1. The number of ether oxygens (including phenoxy) is 3. The first-order chi connectivity index (χ1) is 16.9. The first-order valence-electron chi connectivity index (χ1n) is 11.4. The van der Waals surface area contributed by atoms with Crippen molar-refractivity contribution in [2.45, 2.75) is 37.5 Å². The summed E-state index contributed by atoms with van der Waals surface area (Å²) in [6.07, 6.45) is 1.69. The molecule has 8 nitrogen and oxygen atoms in total. The van der Waals surface area contributed by atoms with Crippen LogP contribution in [-0.2, 0) is 4.79 Å². The molecule has 2 N–H and O–H groups in total. The van der Waals surface area contributed by atoms with Crippen molar-refractivity contribution in [3.05, 3.63) is 47.5 Å². The van der Waals surface area contributed by atoms with Crippen molar-refractivity contribution in [3.63, 3.8) is 0 Å². The number of amides is 1. The summed E-state index contributed by atoms with van der Waals surface area (Å²) in [5.74, 6) is 0.139. The number of nitrogens with zero attached hydrogens (tertiary/aromatic N) is 2. The van der Waals surface area contributed by atoms with E-state index >= 15 is 0 Å². The molecule has 1 aromatic heterocycles. The molecular weight excluding hydrogens is 478 g/mol. The molecule has 0 aliphatic carbocycles. The van der Waals surface area contributed by atoms with E-state index in [-0.39, 0.29) is 29.6 Å². The molecule has 0 spiro atoms. The summed E-state index contributed by atoms with van der Waals surface area (Å²) in [4.78, 5) is 19.1. The fourth-order valence-electron chi connectivity index (χ4n) is 4.58. The fraction of sp³-hybridized carbons (Fsp3) is 0.417. The Balaban J connectivity index is 1.17. The standard InChI is InChI=1S/C24H26F2N4O4S/c1-32-15-3-4-20(33-2)16(11-15)18-12-19(29-28-18)23(31)30-7-5-14(6-8-30)34-24-27-22-17(26)9-13(25)10-21(22)35-24/h3-4,9-11,14,18-19,28-29H,5-8,12H2,1-2H3. The van der Waals surface area contributed by atoms with Crippen molar-refractivity contribution in [3.8, 4) is 16.7 Å². The van der Waals surface area contributed by atoms with Crippen LogP contribution in [0.2, 0.25) is 0 Å². The summed E-state index contributed by atoms with van der Waals surface area (Å²) in [5, 5.41) is 0.311. The Morgan fingerprint density at radius 3 is 2.66 bits per heavy atom. The Morgan fingerprint density at radius 2 is 1.91 bits per heavy atom. The van der Waals surface area contributed by atoms with Crippen LogP contribution in [0.15, 0.2) is 30.3 Å². The number of carbonyl (C=O) groups excluding carboxylic acids is 1. The number of hydrogen-bond donors (Lipinski definition) is 2. The zero-order valence-corrected chi connectivity index (χ0v) is 20.2. The zero-order valence-electron chi connectivity index (χ0n) is 19.3. The highest BCUT2D eigenvalue weighted by Crippen LogP contribution is 2.34. The summed E-state index contributed by atoms with van der Waals surface area (Å²) in [6, 6.07) is 7.21. The predicted molar refractivity (Wildman–Crippen MR) is 127 cm³/mol. The molecule has 2 aliphatic heterocycles. The number of hydrogen-bond acceptors (Lipinski definition) is 8. The lowest BCUT2D eigenvalue weighted by molar-refractivity contribution is -0.135. The average molecular weight is 505 g/mol. The van der Waals surface area contributed by atoms with E-state index in [0.717, 1.165) is 34.5 Å². The van der Waals surface area contributed by atoms with Gasteiger partial charge in [0.1, 0.15) is 35.0 Å². The summed E-state index contributed by atoms with van der Waals surface area (Å²) in [5.41, 5.74) is 7.37. The summed E-state index contributed by atoms with van der Waals surface area (Å²) in [6.45, 7) is 1.09. The lowest BCUT2D eigenvalue weighted by Gasteiger charge is -2.33. The van der Waals surface area contributed by atoms with Gasteiger partial charge < -0.3 is 19.1 Å². The lowest BCUT2D eigenvalue weighted by Crippen LogP contribution is -2.49. The van der Waals surface area contributed by atoms with E-state index in [1.807, 2.05) is 23.1 Å². The number of thiazole rings is 1. The number of aromatic nitrogens is 1. The van der Waals surface area contributed by atoms with Gasteiger partial charge in [-0.1, -0.05) is 11.3 Å². The molecule has 2 saturated heterocycles. The second-order valence-corrected chi connectivity index (χ2v) is 9.59. The maximum Gasteiger partial charge on any atom is 0.274 e. The second kappa shape index (κ2) is 9.92. The smallest absolute Gasteiger partial charge is 0.274 e. The van der Waals surface area contributed by atoms with E-state index in [9.17, 15) is 13.6 Å². The molecule has 3 heterocycles. The third-order valence-electron chi connectivity index (χ3n) is 6.43. The fourth-order valence-corrected chi connectivity index (χ4v) is 5.50. The monoisotopic (exact) mass is 504 g/mol. The molecule has 2 unspecified atom stereocenters. The van der Waals surface area contributed by atoms with Crippen LogP contribution < -0.4 is 25.1 Å². The highest BCUT2D eigenvalue weighted by Gasteiger charge is 2.36. The number of piperidine rings is 1. The quantitative estimate of drug-likeness (QED) is 0.531. The summed E-state index contributed by atoms with van der Waals surface area (Å²) < 4.78 is 44.5. The number of methoxy groups -OCH3 is 2. The van der Waals surface area contributed by atoms with Crippen LogP contribution >= 0.6 is 11.3 Å². The van der Waals surface area contributed by atoms with E-state index in [0.29, 0.717) is 42.2 Å². The first kappa shape index (κ1) is 23.7. The van der Waals surface area contributed by atoms with Gasteiger partial charge in [-0.15, -0.1) is 0 Å². The van der Waals surface area contributed by atoms with Crippen molar-refractivity contribution >= 4 is 27.5 Å². The average Bonchev–Trinajstić information content (AvgIpc) is 3.51. The van der Waals surface area contributed by atoms with Gasteiger partial charge in [-0.25, -0.2) is 19.6 Å². The maximum atomic E-state index is 13.9. The predicted octanol–water partition coefficient (Wildman–Crippen LogP) is 3.57. The number of benzene rings is 2. The highest BCUT2D eigenvalue weighted by atomic mass is 32.1. The Labute approximate surface area is 205 Å². The van der Waals surface area contributed by atoms with Crippen LogP contribution in [0, 0.1) is 11.6 Å². The molecule has 0 bridgehead atoms. The zero-order chi connectivity index (χ0) is 24.5. The molecule has 1 amide bonds. The van der Waals surface area contributed by atoms with Crippen LogP contribution in [0.5, 0.6) is 16.7 Å². The normalized spacial score (nSPS) is 20.9. The van der Waals surface area contributed by atoms with Crippen LogP contribution in [0.4, 0.5) is 8.78 Å². The summed E-state index contributed by atoms with van der Waals surface area (Å²) in [7, 11) is 3.23. The molecule has 186 valence electrons. The number of nitrogens with one attached hydrogen (secondary N) is 2. The molecular formula is C24H26F2N4O4S. The first-order valence-corrected chi connectivity index (χ1v) is 12.2. The van der Waals surface area contributed by atoms with Gasteiger partial charge in [-0.3, -0.25) is 4.79 Å². The van der Waals surface area contributed by atoms with E-state index in [1.165, 1.54) is 6.07 Å². The number of rotatable bonds is 6. The van der Waals surface area contributed by atoms with Crippen molar-refractivity contribution in [1.29, 1.82) is 0 Å². The molecule has 2 fully saturated rings. The third kappa shape index (κ3) is 4.89. The van der Waals surface area contributed by atoms with Crippen LogP contribution in [0.1, 0.15) is 30.9 Å². The third-order valence-corrected chi connectivity index (χ3v) is 7.32. The van der Waals surface area contributed by atoms with Gasteiger partial charge in [-0.05, 0) is 30.7 Å². The minimum atomic E-state index is -0.700. The number of hydrazine groups is 1. The highest BCUT2D eigenvalue weighted by molar-refractivity contribution is 7.20. The van der Waals surface area contributed by atoms with Crippen LogP contribution in [0.3, 0.4) is 0 Å². The van der Waals surface area contributed by atoms with Gasteiger partial charge in [0.15, 0.2) is 5.82 Å². The molecule has 3 aromatic rings. The Hall–Kier alpha value is -3.02. The van der Waals surface area contributed by atoms with E-state index in [2.05, 4.69) is 15.8 Å². The van der Waals surface area contributed by atoms with Crippen molar-refractivity contribution < 1.29 is 27.8 Å². The van der Waals surface area contributed by atoms with E-state index in [1.54, 1.807) is 14.2 Å². The van der Waals surface area contributed by atoms with Gasteiger partial charge in [0.2, 0.25) is 5.91 Å². The van der Waals surface area contributed by atoms with Gasteiger partial charge in [0, 0.05) is 37.6 Å². The SMILES string of the molecule is COc1ccc(OC)c(C2CC(C(=O)N3CCC(Oc4nc5c(F)cc(F)cc5s4)CC3)NN2)c1. The number of halogens is 2. The number of carbonyl (C=O) groups is 1. The molecule has 5 rings (SSSR count). The largest absolute Gasteiger partial charge is 0.497 e. The molecule has 11 heteroatoms. The molecule has 0 saturated carbocycles. The van der Waals surface area contributed by atoms with Crippen LogP contribution in [0.25, 0.3) is 10.2 Å². The molecule has 2 aliphatic rings.